The first-order valence-electron chi connectivity index (χ1n) is 12.8. The van der Waals surface area contributed by atoms with E-state index in [1.165, 1.54) is 36.0 Å². The summed E-state index contributed by atoms with van der Waals surface area (Å²) in [5.74, 6) is -3.79. The number of nitrogens with zero attached hydrogens (tertiary/aromatic N) is 1. The first-order valence-corrected chi connectivity index (χ1v) is 14.2. The van der Waals surface area contributed by atoms with Crippen LogP contribution in [-0.4, -0.2) is 88.5 Å². The van der Waals surface area contributed by atoms with E-state index in [0.29, 0.717) is 24.2 Å². The number of nitrogens with two attached hydrogens (primary N) is 4. The lowest BCUT2D eigenvalue weighted by molar-refractivity contribution is -0.142. The maximum absolute atomic E-state index is 13.3. The predicted octanol–water partition coefficient (Wildman–Crippen LogP) is -2.13. The van der Waals surface area contributed by atoms with Crippen molar-refractivity contribution in [3.8, 4) is 5.75 Å². The highest BCUT2D eigenvalue weighted by Gasteiger charge is 2.30. The van der Waals surface area contributed by atoms with Gasteiger partial charge in [-0.1, -0.05) is 12.1 Å². The molecular formula is C25H40N8O7S. The van der Waals surface area contributed by atoms with Crippen LogP contribution in [0.4, 0.5) is 0 Å². The first-order chi connectivity index (χ1) is 19.3. The topological polar surface area (TPSA) is 278 Å². The summed E-state index contributed by atoms with van der Waals surface area (Å²) in [5.41, 5.74) is 22.4. The number of phenolic OH excluding ortho intramolecular Hbond substituents is 1. The molecule has 1 rings (SSSR count). The third-order valence-electron chi connectivity index (χ3n) is 5.85. The van der Waals surface area contributed by atoms with Gasteiger partial charge >= 0.3 is 5.97 Å². The Morgan fingerprint density at radius 2 is 1.44 bits per heavy atom. The predicted molar refractivity (Wildman–Crippen MR) is 155 cm³/mol. The van der Waals surface area contributed by atoms with E-state index in [-0.39, 0.29) is 43.9 Å². The molecule has 0 heterocycles. The Bertz CT molecular complexity index is 1070. The molecule has 16 heteroatoms. The smallest absolute Gasteiger partial charge is 0.326 e. The fraction of sp³-hybridized carbons (Fsp3) is 0.520. The van der Waals surface area contributed by atoms with Crippen molar-refractivity contribution >= 4 is 47.3 Å². The number of carbonyl (C=O) groups is 5. The monoisotopic (exact) mass is 596 g/mol. The second-order valence-corrected chi connectivity index (χ2v) is 10.2. The Morgan fingerprint density at radius 1 is 0.878 bits per heavy atom. The van der Waals surface area contributed by atoms with Crippen LogP contribution in [0.5, 0.6) is 5.75 Å². The number of carboxylic acid groups (broad SMARTS) is 1. The van der Waals surface area contributed by atoms with Crippen molar-refractivity contribution in [2.75, 3.05) is 18.6 Å². The molecule has 0 aliphatic carbocycles. The fourth-order valence-electron chi connectivity index (χ4n) is 3.59. The van der Waals surface area contributed by atoms with Gasteiger partial charge in [0.05, 0.1) is 6.04 Å². The van der Waals surface area contributed by atoms with Crippen LogP contribution in [0.3, 0.4) is 0 Å². The highest BCUT2D eigenvalue weighted by Crippen LogP contribution is 2.12. The van der Waals surface area contributed by atoms with Gasteiger partial charge in [0.15, 0.2) is 5.96 Å². The molecule has 0 radical (unpaired) electrons. The van der Waals surface area contributed by atoms with Crippen LogP contribution in [-0.2, 0) is 30.4 Å². The maximum Gasteiger partial charge on any atom is 0.326 e. The largest absolute Gasteiger partial charge is 0.508 e. The third-order valence-corrected chi connectivity index (χ3v) is 6.50. The number of amides is 4. The molecule has 0 spiro atoms. The van der Waals surface area contributed by atoms with Crippen molar-refractivity contribution in [1.82, 2.24) is 16.0 Å². The minimum Gasteiger partial charge on any atom is -0.508 e. The number of benzene rings is 1. The molecule has 4 unspecified atom stereocenters. The number of carbonyl (C=O) groups excluding carboxylic acids is 4. The van der Waals surface area contributed by atoms with Crippen LogP contribution in [0.2, 0.25) is 0 Å². The van der Waals surface area contributed by atoms with E-state index in [4.69, 9.17) is 22.9 Å². The number of carboxylic acids is 1. The molecule has 0 aromatic heterocycles. The Labute approximate surface area is 242 Å². The summed E-state index contributed by atoms with van der Waals surface area (Å²) in [6.07, 6.45) is 2.00. The SMILES string of the molecule is CSCCC(N)C(=O)NC(CCCN=C(N)N)C(=O)NC(CCC(N)=O)C(=O)NC(Cc1ccc(O)cc1)C(=O)O. The van der Waals surface area contributed by atoms with Gasteiger partial charge < -0.3 is 49.1 Å². The summed E-state index contributed by atoms with van der Waals surface area (Å²) in [6.45, 7) is 0.170. The number of nitrogens with one attached hydrogen (secondary N) is 3. The highest BCUT2D eigenvalue weighted by molar-refractivity contribution is 7.98. The molecule has 0 saturated heterocycles. The average molecular weight is 597 g/mol. The first kappa shape index (κ1) is 35.0. The third kappa shape index (κ3) is 14.2. The van der Waals surface area contributed by atoms with Crippen molar-refractivity contribution in [3.63, 3.8) is 0 Å². The number of hydrogen-bond donors (Lipinski definition) is 9. The van der Waals surface area contributed by atoms with Gasteiger partial charge in [-0.05, 0) is 55.4 Å². The van der Waals surface area contributed by atoms with Crippen LogP contribution in [0.15, 0.2) is 29.3 Å². The normalized spacial score (nSPS) is 13.6. The average Bonchev–Trinajstić information content (AvgIpc) is 2.91. The number of aromatic hydroxyl groups is 1. The number of hydrogen-bond acceptors (Lipinski definition) is 9. The molecule has 15 nitrogen and oxygen atoms in total. The molecule has 0 aliphatic heterocycles. The van der Waals surface area contributed by atoms with E-state index in [2.05, 4.69) is 20.9 Å². The highest BCUT2D eigenvalue weighted by atomic mass is 32.2. The lowest BCUT2D eigenvalue weighted by atomic mass is 10.0. The summed E-state index contributed by atoms with van der Waals surface area (Å²) in [4.78, 5) is 66.2. The molecule has 4 atom stereocenters. The molecule has 13 N–H and O–H groups in total. The van der Waals surface area contributed by atoms with Gasteiger partial charge in [0.1, 0.15) is 23.9 Å². The number of guanidine groups is 1. The van der Waals surface area contributed by atoms with Crippen LogP contribution in [0.1, 0.15) is 37.7 Å². The number of thioether (sulfide) groups is 1. The number of primary amides is 1. The Kier molecular flexibility index (Phi) is 15.6. The van der Waals surface area contributed by atoms with Gasteiger partial charge in [-0.2, -0.15) is 11.8 Å². The van der Waals surface area contributed by atoms with Crippen LogP contribution >= 0.6 is 11.8 Å². The molecule has 0 aliphatic rings. The van der Waals surface area contributed by atoms with E-state index >= 15 is 0 Å². The molecule has 228 valence electrons. The van der Waals surface area contributed by atoms with Crippen LogP contribution in [0, 0.1) is 0 Å². The van der Waals surface area contributed by atoms with Gasteiger partial charge in [0.25, 0.3) is 0 Å². The van der Waals surface area contributed by atoms with Gasteiger partial charge in [-0.25, -0.2) is 4.79 Å². The second kappa shape index (κ2) is 18.3. The number of aliphatic carboxylic acids is 1. The summed E-state index contributed by atoms with van der Waals surface area (Å²) >= 11 is 1.51. The van der Waals surface area contributed by atoms with Gasteiger partial charge in [-0.15, -0.1) is 0 Å². The Balaban J connectivity index is 3.08. The molecule has 1 aromatic rings. The van der Waals surface area contributed by atoms with Crippen LogP contribution < -0.4 is 38.9 Å². The van der Waals surface area contributed by atoms with Gasteiger partial charge in [0.2, 0.25) is 23.6 Å². The van der Waals surface area contributed by atoms with E-state index in [1.807, 2.05) is 6.26 Å². The molecule has 0 saturated carbocycles. The van der Waals surface area contributed by atoms with Crippen LogP contribution in [0.25, 0.3) is 0 Å². The minimum absolute atomic E-state index is 0.0101. The molecule has 41 heavy (non-hydrogen) atoms. The van der Waals surface area contributed by atoms with Crippen molar-refractivity contribution in [2.24, 2.45) is 27.9 Å². The fourth-order valence-corrected chi connectivity index (χ4v) is 4.08. The maximum atomic E-state index is 13.3. The lowest BCUT2D eigenvalue weighted by Gasteiger charge is -2.25. The molecule has 0 fully saturated rings. The van der Waals surface area contributed by atoms with Gasteiger partial charge in [-0.3, -0.25) is 24.2 Å². The van der Waals surface area contributed by atoms with E-state index in [1.54, 1.807) is 0 Å². The number of aliphatic imine (C=N–C) groups is 1. The number of rotatable bonds is 19. The minimum atomic E-state index is -1.38. The van der Waals surface area contributed by atoms with Crippen molar-refractivity contribution in [2.45, 2.75) is 62.7 Å². The molecule has 1 aromatic carbocycles. The van der Waals surface area contributed by atoms with E-state index in [9.17, 15) is 34.2 Å². The summed E-state index contributed by atoms with van der Waals surface area (Å²) in [5, 5.41) is 26.6. The summed E-state index contributed by atoms with van der Waals surface area (Å²) < 4.78 is 0. The van der Waals surface area contributed by atoms with E-state index < -0.39 is 53.8 Å². The summed E-state index contributed by atoms with van der Waals surface area (Å²) in [7, 11) is 0. The molecule has 0 bridgehead atoms. The molecular weight excluding hydrogens is 556 g/mol. The zero-order valence-corrected chi connectivity index (χ0v) is 23.7. The number of phenols is 1. The Morgan fingerprint density at radius 3 is 1.98 bits per heavy atom. The van der Waals surface area contributed by atoms with E-state index in [0.717, 1.165) is 0 Å². The lowest BCUT2D eigenvalue weighted by Crippen LogP contribution is -2.57. The Hall–Kier alpha value is -4.05. The van der Waals surface area contributed by atoms with Gasteiger partial charge in [0, 0.05) is 19.4 Å². The zero-order valence-electron chi connectivity index (χ0n) is 22.9. The zero-order chi connectivity index (χ0) is 30.9. The molecule has 4 amide bonds. The van der Waals surface area contributed by atoms with Crippen molar-refractivity contribution in [3.05, 3.63) is 29.8 Å². The van der Waals surface area contributed by atoms with Crippen molar-refractivity contribution in [1.29, 1.82) is 0 Å². The van der Waals surface area contributed by atoms with Crippen molar-refractivity contribution < 1.29 is 34.2 Å². The standard InChI is InChI=1S/C25H40N8O7S/c1-41-12-10-16(26)21(36)31-17(3-2-11-30-25(28)29)22(37)32-18(8-9-20(27)35)23(38)33-19(24(39)40)13-14-4-6-15(34)7-5-14/h4-7,16-19,34H,2-3,8-13,26H2,1H3,(H2,27,35)(H,31,36)(H,32,37)(H,33,38)(H,39,40)(H4,28,29,30). The summed E-state index contributed by atoms with van der Waals surface area (Å²) in [6, 6.07) is 1.02. The quantitative estimate of drug-likeness (QED) is 0.0472. The second-order valence-electron chi connectivity index (χ2n) is 9.23.